The Morgan fingerprint density at radius 3 is 2.21 bits per heavy atom. The first kappa shape index (κ1) is 32.5. The smallest absolute Gasteiger partial charge is 0.323 e. The van der Waals surface area contributed by atoms with Crippen LogP contribution in [0.25, 0.3) is 0 Å². The van der Waals surface area contributed by atoms with E-state index in [9.17, 15) is 9.59 Å². The molecule has 0 spiro atoms. The molecule has 38 heavy (non-hydrogen) atoms. The highest BCUT2D eigenvalue weighted by molar-refractivity contribution is 6.74. The summed E-state index contributed by atoms with van der Waals surface area (Å²) < 4.78 is 12.7. The molecule has 1 aromatic carbocycles. The monoisotopic (exact) mass is 546 g/mol. The second-order valence-electron chi connectivity index (χ2n) is 13.8. The summed E-state index contributed by atoms with van der Waals surface area (Å²) in [5, 5.41) is 3.38. The van der Waals surface area contributed by atoms with E-state index in [1.54, 1.807) is 6.92 Å². The van der Waals surface area contributed by atoms with Gasteiger partial charge in [-0.2, -0.15) is 0 Å². The highest BCUT2D eigenvalue weighted by Crippen LogP contribution is 2.40. The molecule has 1 heterocycles. The van der Waals surface area contributed by atoms with Gasteiger partial charge < -0.3 is 14.5 Å². The van der Waals surface area contributed by atoms with Crippen molar-refractivity contribution in [2.24, 2.45) is 11.8 Å². The number of hydrogen-bond donors (Lipinski definition) is 1. The fourth-order valence-electron chi connectivity index (χ4n) is 5.05. The molecular weight excluding hydrogens is 492 g/mol. The van der Waals surface area contributed by atoms with Gasteiger partial charge in [0, 0.05) is 38.1 Å². The van der Waals surface area contributed by atoms with Crippen molar-refractivity contribution < 1.29 is 18.8 Å². The van der Waals surface area contributed by atoms with Crippen molar-refractivity contribution in [3.05, 3.63) is 35.9 Å². The highest BCUT2D eigenvalue weighted by Gasteiger charge is 2.50. The van der Waals surface area contributed by atoms with Crippen molar-refractivity contribution >= 4 is 20.2 Å². The molecule has 1 aliphatic rings. The minimum atomic E-state index is -2.01. The van der Waals surface area contributed by atoms with Crippen LogP contribution in [0, 0.1) is 11.8 Å². The molecule has 0 radical (unpaired) electrons. The minimum absolute atomic E-state index is 0.0391. The third kappa shape index (κ3) is 9.20. The lowest BCUT2D eigenvalue weighted by Crippen LogP contribution is -2.55. The van der Waals surface area contributed by atoms with Crippen molar-refractivity contribution in [1.82, 2.24) is 10.2 Å². The summed E-state index contributed by atoms with van der Waals surface area (Å²) in [6.45, 7) is 24.2. The summed E-state index contributed by atoms with van der Waals surface area (Å²) in [4.78, 5) is 28.4. The molecule has 1 fully saturated rings. The average molecular weight is 547 g/mol. The predicted octanol–water partition coefficient (Wildman–Crippen LogP) is 6.55. The lowest BCUT2D eigenvalue weighted by Gasteiger charge is -2.40. The zero-order valence-electron chi connectivity index (χ0n) is 25.9. The van der Waals surface area contributed by atoms with Crippen molar-refractivity contribution in [3.63, 3.8) is 0 Å². The van der Waals surface area contributed by atoms with E-state index in [-0.39, 0.29) is 34.9 Å². The van der Waals surface area contributed by atoms with E-state index in [1.165, 1.54) is 0 Å². The molecule has 1 N–H and O–H groups in total. The number of hydrogen-bond acceptors (Lipinski definition) is 5. The molecule has 0 saturated carbocycles. The van der Waals surface area contributed by atoms with Crippen molar-refractivity contribution in [1.29, 1.82) is 0 Å². The molecule has 0 aliphatic carbocycles. The lowest BCUT2D eigenvalue weighted by atomic mass is 9.87. The highest BCUT2D eigenvalue weighted by atomic mass is 28.4. The topological polar surface area (TPSA) is 67.9 Å². The standard InChI is InChI=1S/C31H54N2O4Si/c1-12-22(2)18-26(32-23(3)34)28-25(21-36-38(10,11)31(7,8)9)19-27(29(35)37-30(4,5)6)33(28)20-24-16-14-13-15-17-24/h13-17,22,25-28H,12,18-21H2,1-11H3,(H,32,34)/t22?,25-,26-,27+,28+/m0/s1. The van der Waals surface area contributed by atoms with Crippen LogP contribution < -0.4 is 5.32 Å². The largest absolute Gasteiger partial charge is 0.459 e. The Labute approximate surface area is 233 Å². The van der Waals surface area contributed by atoms with Crippen LogP contribution in [0.2, 0.25) is 18.1 Å². The van der Waals surface area contributed by atoms with Gasteiger partial charge in [-0.05, 0) is 63.2 Å². The SMILES string of the molecule is CCC(C)C[C@H](NC(C)=O)[C@H]1[C@H](CO[Si](C)(C)C(C)(C)C)C[C@H](C(=O)OC(C)(C)C)N1Cc1ccccc1. The maximum Gasteiger partial charge on any atom is 0.323 e. The van der Waals surface area contributed by atoms with E-state index in [0.29, 0.717) is 25.5 Å². The third-order valence-corrected chi connectivity index (χ3v) is 12.8. The number of nitrogens with one attached hydrogen (secondary N) is 1. The summed E-state index contributed by atoms with van der Waals surface area (Å²) in [5.41, 5.74) is 0.566. The van der Waals surface area contributed by atoms with Gasteiger partial charge in [0.15, 0.2) is 8.32 Å². The second-order valence-corrected chi connectivity index (χ2v) is 18.6. The Morgan fingerprint density at radius 2 is 1.71 bits per heavy atom. The van der Waals surface area contributed by atoms with E-state index < -0.39 is 20.0 Å². The van der Waals surface area contributed by atoms with Crippen LogP contribution in [-0.2, 0) is 25.3 Å². The molecule has 1 saturated heterocycles. The second kappa shape index (κ2) is 13.1. The molecule has 6 nitrogen and oxygen atoms in total. The average Bonchev–Trinajstić information content (AvgIpc) is 3.14. The number of carbonyl (C=O) groups excluding carboxylic acids is 2. The predicted molar refractivity (Wildman–Crippen MR) is 158 cm³/mol. The maximum absolute atomic E-state index is 13.7. The van der Waals surface area contributed by atoms with Crippen LogP contribution in [0.1, 0.15) is 87.1 Å². The summed E-state index contributed by atoms with van der Waals surface area (Å²) in [6, 6.07) is 9.74. The van der Waals surface area contributed by atoms with E-state index in [4.69, 9.17) is 9.16 Å². The van der Waals surface area contributed by atoms with Gasteiger partial charge in [0.25, 0.3) is 0 Å². The number of likely N-dealkylation sites (tertiary alicyclic amines) is 1. The van der Waals surface area contributed by atoms with Gasteiger partial charge in [0.2, 0.25) is 5.91 Å². The van der Waals surface area contributed by atoms with Gasteiger partial charge in [-0.25, -0.2) is 0 Å². The Morgan fingerprint density at radius 1 is 1.11 bits per heavy atom. The summed E-state index contributed by atoms with van der Waals surface area (Å²) in [7, 11) is -2.01. The van der Waals surface area contributed by atoms with E-state index in [2.05, 4.69) is 70.1 Å². The van der Waals surface area contributed by atoms with Gasteiger partial charge in [0.1, 0.15) is 11.6 Å². The van der Waals surface area contributed by atoms with Crippen LogP contribution in [-0.4, -0.2) is 55.4 Å². The van der Waals surface area contributed by atoms with Crippen molar-refractivity contribution in [3.8, 4) is 0 Å². The first-order valence-electron chi connectivity index (χ1n) is 14.4. The fraction of sp³-hybridized carbons (Fsp3) is 0.742. The molecule has 1 aliphatic heterocycles. The Balaban J connectivity index is 2.55. The zero-order chi connectivity index (χ0) is 28.9. The van der Waals surface area contributed by atoms with Crippen molar-refractivity contribution in [2.45, 2.75) is 130 Å². The van der Waals surface area contributed by atoms with E-state index in [1.807, 2.05) is 39.0 Å². The number of amides is 1. The number of esters is 1. The van der Waals surface area contributed by atoms with Gasteiger partial charge in [0.05, 0.1) is 0 Å². The molecule has 0 aromatic heterocycles. The number of ether oxygens (including phenoxy) is 1. The van der Waals surface area contributed by atoms with Crippen LogP contribution in [0.3, 0.4) is 0 Å². The molecule has 7 heteroatoms. The van der Waals surface area contributed by atoms with Crippen LogP contribution >= 0.6 is 0 Å². The first-order chi connectivity index (χ1) is 17.4. The normalized spacial score (nSPS) is 22.7. The Kier molecular flexibility index (Phi) is 11.2. The zero-order valence-corrected chi connectivity index (χ0v) is 26.9. The van der Waals surface area contributed by atoms with Crippen molar-refractivity contribution in [2.75, 3.05) is 6.61 Å². The maximum atomic E-state index is 13.7. The fourth-order valence-corrected chi connectivity index (χ4v) is 6.12. The Bertz CT molecular complexity index is 907. The number of rotatable bonds is 11. The molecular formula is C31H54N2O4Si. The van der Waals surface area contributed by atoms with E-state index >= 15 is 0 Å². The van der Waals surface area contributed by atoms with Gasteiger partial charge in [-0.1, -0.05) is 71.4 Å². The Hall–Kier alpha value is -1.70. The summed E-state index contributed by atoms with van der Waals surface area (Å²) in [5.74, 6) is 0.292. The van der Waals surface area contributed by atoms with Gasteiger partial charge in [-0.3, -0.25) is 14.5 Å². The minimum Gasteiger partial charge on any atom is -0.459 e. The molecule has 1 unspecified atom stereocenters. The lowest BCUT2D eigenvalue weighted by molar-refractivity contribution is -0.161. The van der Waals surface area contributed by atoms with Crippen LogP contribution in [0.15, 0.2) is 30.3 Å². The molecule has 1 aromatic rings. The summed E-state index contributed by atoms with van der Waals surface area (Å²) in [6.07, 6.45) is 2.53. The molecule has 216 valence electrons. The number of benzene rings is 1. The first-order valence-corrected chi connectivity index (χ1v) is 17.3. The van der Waals surface area contributed by atoms with Gasteiger partial charge >= 0.3 is 5.97 Å². The molecule has 0 bridgehead atoms. The number of nitrogens with zero attached hydrogens (tertiary/aromatic N) is 1. The van der Waals surface area contributed by atoms with E-state index in [0.717, 1.165) is 18.4 Å². The summed E-state index contributed by atoms with van der Waals surface area (Å²) >= 11 is 0. The van der Waals surface area contributed by atoms with Crippen LogP contribution in [0.5, 0.6) is 0 Å². The quantitative estimate of drug-likeness (QED) is 0.252. The molecule has 5 atom stereocenters. The molecule has 1 amide bonds. The third-order valence-electron chi connectivity index (χ3n) is 8.30. The van der Waals surface area contributed by atoms with Crippen LogP contribution in [0.4, 0.5) is 0 Å². The number of carbonyl (C=O) groups is 2. The molecule has 2 rings (SSSR count). The van der Waals surface area contributed by atoms with Gasteiger partial charge in [-0.15, -0.1) is 0 Å².